The monoisotopic (exact) mass is 250 g/mol. The topological polar surface area (TPSA) is 15.3 Å². The van der Waals surface area contributed by atoms with Crippen molar-refractivity contribution in [3.8, 4) is 0 Å². The molecule has 1 aliphatic heterocycles. The minimum Gasteiger partial charge on any atom is -0.369 e. The van der Waals surface area contributed by atoms with Gasteiger partial charge in [0, 0.05) is 31.9 Å². The Kier molecular flexibility index (Phi) is 10.5. The minimum atomic E-state index is 1.11. The van der Waals surface area contributed by atoms with Gasteiger partial charge in [-0.25, -0.2) is 0 Å². The van der Waals surface area contributed by atoms with Gasteiger partial charge in [-0.2, -0.15) is 0 Å². The quantitative estimate of drug-likeness (QED) is 0.861. The van der Waals surface area contributed by atoms with Gasteiger partial charge >= 0.3 is 0 Å². The number of anilines is 1. The summed E-state index contributed by atoms with van der Waals surface area (Å²) < 4.78 is 0. The summed E-state index contributed by atoms with van der Waals surface area (Å²) in [5.74, 6) is 0. The van der Waals surface area contributed by atoms with Crippen molar-refractivity contribution >= 4 is 5.69 Å². The molecule has 0 bridgehead atoms. The second-order valence-corrected chi connectivity index (χ2v) is 3.76. The van der Waals surface area contributed by atoms with Crippen LogP contribution in [-0.4, -0.2) is 26.2 Å². The molecule has 18 heavy (non-hydrogen) atoms. The molecule has 0 spiro atoms. The molecular weight excluding hydrogens is 220 g/mol. The Morgan fingerprint density at radius 3 is 2.22 bits per heavy atom. The fourth-order valence-electron chi connectivity index (χ4n) is 1.90. The maximum Gasteiger partial charge on any atom is 0.0369 e. The van der Waals surface area contributed by atoms with Crippen LogP contribution in [0, 0.1) is 0 Å². The van der Waals surface area contributed by atoms with Crippen LogP contribution in [0.3, 0.4) is 0 Å². The number of hydrogen-bond donors (Lipinski definition) is 1. The maximum absolute atomic E-state index is 3.37. The number of nitrogens with zero attached hydrogens (tertiary/aromatic N) is 1. The Hall–Kier alpha value is -1.02. The van der Waals surface area contributed by atoms with E-state index in [1.165, 1.54) is 11.3 Å². The van der Waals surface area contributed by atoms with Crippen LogP contribution in [0.4, 0.5) is 5.69 Å². The van der Waals surface area contributed by atoms with Crippen LogP contribution < -0.4 is 10.2 Å². The third-order valence-corrected chi connectivity index (χ3v) is 2.80. The van der Waals surface area contributed by atoms with Crippen LogP contribution >= 0.6 is 0 Å². The zero-order valence-corrected chi connectivity index (χ0v) is 12.8. The van der Waals surface area contributed by atoms with Gasteiger partial charge in [-0.15, -0.1) is 0 Å². The Labute approximate surface area is 113 Å². The number of aryl methyl sites for hydroxylation is 1. The van der Waals surface area contributed by atoms with Crippen molar-refractivity contribution in [2.75, 3.05) is 31.1 Å². The van der Waals surface area contributed by atoms with E-state index >= 15 is 0 Å². The van der Waals surface area contributed by atoms with Crippen LogP contribution in [0.15, 0.2) is 24.3 Å². The molecule has 1 aromatic carbocycles. The maximum atomic E-state index is 3.37. The molecule has 1 saturated heterocycles. The van der Waals surface area contributed by atoms with Crippen LogP contribution in [0.25, 0.3) is 0 Å². The number of rotatable bonds is 2. The number of nitrogens with one attached hydrogen (secondary N) is 1. The highest BCUT2D eigenvalue weighted by Crippen LogP contribution is 2.16. The predicted molar refractivity (Wildman–Crippen MR) is 83.6 cm³/mol. The Morgan fingerprint density at radius 2 is 1.67 bits per heavy atom. The van der Waals surface area contributed by atoms with E-state index in [-0.39, 0.29) is 0 Å². The van der Waals surface area contributed by atoms with Gasteiger partial charge in [-0.1, -0.05) is 46.8 Å². The first kappa shape index (κ1) is 17.0. The molecule has 1 aromatic rings. The minimum absolute atomic E-state index is 1.11. The lowest BCUT2D eigenvalue weighted by Crippen LogP contribution is -2.43. The van der Waals surface area contributed by atoms with Gasteiger partial charge in [0.05, 0.1) is 0 Å². The molecular formula is C16H30N2. The largest absolute Gasteiger partial charge is 0.369 e. The fourth-order valence-corrected chi connectivity index (χ4v) is 1.90. The molecule has 0 atom stereocenters. The third-order valence-electron chi connectivity index (χ3n) is 2.80. The molecule has 2 nitrogen and oxygen atoms in total. The second-order valence-electron chi connectivity index (χ2n) is 3.76. The average molecular weight is 250 g/mol. The zero-order chi connectivity index (χ0) is 13.8. The van der Waals surface area contributed by atoms with Gasteiger partial charge in [-0.3, -0.25) is 0 Å². The molecule has 1 aliphatic rings. The lowest BCUT2D eigenvalue weighted by Gasteiger charge is -2.29. The molecule has 0 aliphatic carbocycles. The summed E-state index contributed by atoms with van der Waals surface area (Å²) in [7, 11) is 0. The summed E-state index contributed by atoms with van der Waals surface area (Å²) in [4.78, 5) is 2.45. The normalized spacial score (nSPS) is 13.9. The summed E-state index contributed by atoms with van der Waals surface area (Å²) in [6.07, 6.45) is 1.12. The first-order chi connectivity index (χ1) is 8.90. The molecule has 0 unspecified atom stereocenters. The molecule has 1 N–H and O–H groups in total. The van der Waals surface area contributed by atoms with E-state index in [1.807, 2.05) is 27.7 Å². The van der Waals surface area contributed by atoms with Crippen molar-refractivity contribution in [1.82, 2.24) is 5.32 Å². The molecule has 2 rings (SSSR count). The van der Waals surface area contributed by atoms with Crippen molar-refractivity contribution in [3.63, 3.8) is 0 Å². The first-order valence-corrected chi connectivity index (χ1v) is 7.45. The van der Waals surface area contributed by atoms with Gasteiger partial charge in [0.15, 0.2) is 0 Å². The van der Waals surface area contributed by atoms with Gasteiger partial charge < -0.3 is 10.2 Å². The molecule has 0 saturated carbocycles. The summed E-state index contributed by atoms with van der Waals surface area (Å²) in [5.41, 5.74) is 2.81. The Bertz CT molecular complexity index is 291. The van der Waals surface area contributed by atoms with E-state index in [9.17, 15) is 0 Å². The molecule has 0 radical (unpaired) electrons. The van der Waals surface area contributed by atoms with Crippen molar-refractivity contribution in [3.05, 3.63) is 29.8 Å². The molecule has 104 valence electrons. The van der Waals surface area contributed by atoms with Crippen molar-refractivity contribution in [2.45, 2.75) is 41.0 Å². The zero-order valence-electron chi connectivity index (χ0n) is 12.8. The SMILES string of the molecule is CC.CC.CCc1cccc(N2CCNCC2)c1. The average Bonchev–Trinajstić information content (AvgIpc) is 2.52. The van der Waals surface area contributed by atoms with Crippen molar-refractivity contribution in [2.24, 2.45) is 0 Å². The Balaban J connectivity index is 0.000000659. The summed E-state index contributed by atoms with van der Waals surface area (Å²) in [6.45, 7) is 14.7. The molecule has 0 amide bonds. The standard InChI is InChI=1S/C12H18N2.2C2H6/c1-2-11-4-3-5-12(10-11)14-8-6-13-7-9-14;2*1-2/h3-5,10,13H,2,6-9H2,1H3;2*1-2H3. The summed E-state index contributed by atoms with van der Waals surface area (Å²) in [6, 6.07) is 8.89. The lowest BCUT2D eigenvalue weighted by molar-refractivity contribution is 0.589. The Morgan fingerprint density at radius 1 is 1.06 bits per heavy atom. The highest BCUT2D eigenvalue weighted by Gasteiger charge is 2.09. The number of benzene rings is 1. The van der Waals surface area contributed by atoms with Gasteiger partial charge in [-0.05, 0) is 24.1 Å². The number of hydrogen-bond acceptors (Lipinski definition) is 2. The van der Waals surface area contributed by atoms with E-state index in [1.54, 1.807) is 0 Å². The van der Waals surface area contributed by atoms with Gasteiger partial charge in [0.1, 0.15) is 0 Å². The van der Waals surface area contributed by atoms with Crippen LogP contribution in [-0.2, 0) is 6.42 Å². The van der Waals surface area contributed by atoms with E-state index in [2.05, 4.69) is 41.4 Å². The molecule has 0 aromatic heterocycles. The van der Waals surface area contributed by atoms with Crippen LogP contribution in [0.5, 0.6) is 0 Å². The molecule has 1 heterocycles. The summed E-state index contributed by atoms with van der Waals surface area (Å²) >= 11 is 0. The van der Waals surface area contributed by atoms with Gasteiger partial charge in [0.25, 0.3) is 0 Å². The van der Waals surface area contributed by atoms with Crippen LogP contribution in [0.1, 0.15) is 40.2 Å². The van der Waals surface area contributed by atoms with E-state index in [4.69, 9.17) is 0 Å². The molecule has 1 fully saturated rings. The van der Waals surface area contributed by atoms with Crippen LogP contribution in [0.2, 0.25) is 0 Å². The number of piperazine rings is 1. The smallest absolute Gasteiger partial charge is 0.0369 e. The first-order valence-electron chi connectivity index (χ1n) is 7.45. The lowest BCUT2D eigenvalue weighted by atomic mass is 10.1. The van der Waals surface area contributed by atoms with Crippen molar-refractivity contribution < 1.29 is 0 Å². The second kappa shape index (κ2) is 11.1. The van der Waals surface area contributed by atoms with Gasteiger partial charge in [0.2, 0.25) is 0 Å². The highest BCUT2D eigenvalue weighted by molar-refractivity contribution is 5.49. The van der Waals surface area contributed by atoms with E-state index in [0.29, 0.717) is 0 Å². The predicted octanol–water partition coefficient (Wildman–Crippen LogP) is 3.71. The fraction of sp³-hybridized carbons (Fsp3) is 0.625. The van der Waals surface area contributed by atoms with E-state index in [0.717, 1.165) is 32.6 Å². The summed E-state index contributed by atoms with van der Waals surface area (Å²) in [5, 5.41) is 3.37. The van der Waals surface area contributed by atoms with Crippen molar-refractivity contribution in [1.29, 1.82) is 0 Å². The van der Waals surface area contributed by atoms with E-state index < -0.39 is 0 Å². The molecule has 2 heteroatoms. The highest BCUT2D eigenvalue weighted by atomic mass is 15.2. The third kappa shape index (κ3) is 5.54.